The van der Waals surface area contributed by atoms with Crippen LogP contribution in [0.1, 0.15) is 24.1 Å². The average Bonchev–Trinajstić information content (AvgIpc) is 3.41. The zero-order valence-electron chi connectivity index (χ0n) is 17.6. The van der Waals surface area contributed by atoms with E-state index >= 15 is 0 Å². The van der Waals surface area contributed by atoms with Crippen molar-refractivity contribution in [3.8, 4) is 17.0 Å². The maximum Gasteiger partial charge on any atom is 0.318 e. The molecule has 0 atom stereocenters. The summed E-state index contributed by atoms with van der Waals surface area (Å²) in [6, 6.07) is 3.24. The molecular weight excluding hydrogens is 477 g/mol. The molecule has 1 aromatic heterocycles. The Kier molecular flexibility index (Phi) is 5.70. The maximum atomic E-state index is 13.1. The highest BCUT2D eigenvalue weighted by Gasteiger charge is 2.43. The van der Waals surface area contributed by atoms with E-state index in [4.69, 9.17) is 33.7 Å². The molecule has 3 N–H and O–H groups in total. The number of hydrogen-bond acceptors (Lipinski definition) is 6. The van der Waals surface area contributed by atoms with Gasteiger partial charge in [-0.25, -0.2) is 23.5 Å². The number of carbonyl (C=O) groups is 1. The first-order chi connectivity index (χ1) is 15.7. The number of likely N-dealkylation sites (tertiary alicyclic amines) is 1. The molecule has 2 aliphatic heterocycles. The summed E-state index contributed by atoms with van der Waals surface area (Å²) >= 11 is 12.8. The monoisotopic (exact) mass is 498 g/mol. The summed E-state index contributed by atoms with van der Waals surface area (Å²) in [5.41, 5.74) is 8.28. The number of benzene rings is 1. The van der Waals surface area contributed by atoms with Crippen molar-refractivity contribution in [3.63, 3.8) is 0 Å². The van der Waals surface area contributed by atoms with Gasteiger partial charge in [-0.1, -0.05) is 23.2 Å². The van der Waals surface area contributed by atoms with Gasteiger partial charge in [0.1, 0.15) is 12.4 Å². The molecule has 0 bridgehead atoms. The lowest BCUT2D eigenvalue weighted by atomic mass is 10.0. The van der Waals surface area contributed by atoms with Crippen LogP contribution < -0.4 is 15.8 Å². The molecule has 2 fully saturated rings. The van der Waals surface area contributed by atoms with Crippen LogP contribution in [0.4, 0.5) is 19.5 Å². The highest BCUT2D eigenvalue weighted by atomic mass is 35.5. The number of nitrogen functional groups attached to an aromatic ring is 1. The van der Waals surface area contributed by atoms with E-state index in [2.05, 4.69) is 15.3 Å². The van der Waals surface area contributed by atoms with E-state index < -0.39 is 5.92 Å². The third-order valence-electron chi connectivity index (χ3n) is 5.82. The van der Waals surface area contributed by atoms with Gasteiger partial charge in [-0.2, -0.15) is 0 Å². The second kappa shape index (κ2) is 8.41. The molecule has 0 radical (unpaired) electrons. The number of anilines is 1. The summed E-state index contributed by atoms with van der Waals surface area (Å²) in [7, 11) is 0. The first-order valence-corrected chi connectivity index (χ1v) is 11.4. The Labute approximate surface area is 199 Å². The summed E-state index contributed by atoms with van der Waals surface area (Å²) in [6.45, 7) is 0.530. The molecule has 0 unspecified atom stereocenters. The second-order valence-electron chi connectivity index (χ2n) is 8.61. The van der Waals surface area contributed by atoms with E-state index in [0.29, 0.717) is 52.4 Å². The predicted octanol–water partition coefficient (Wildman–Crippen LogP) is 3.55. The van der Waals surface area contributed by atoms with Crippen LogP contribution in [0, 0.1) is 0 Å². The molecule has 33 heavy (non-hydrogen) atoms. The van der Waals surface area contributed by atoms with Gasteiger partial charge in [-0.05, 0) is 25.0 Å². The van der Waals surface area contributed by atoms with E-state index in [9.17, 15) is 13.6 Å². The van der Waals surface area contributed by atoms with Crippen molar-refractivity contribution >= 4 is 35.2 Å². The Balaban J connectivity index is 1.40. The number of ether oxygens (including phenoxy) is 1. The molecule has 5 rings (SSSR count). The summed E-state index contributed by atoms with van der Waals surface area (Å²) in [4.78, 5) is 24.6. The van der Waals surface area contributed by atoms with Gasteiger partial charge in [0.25, 0.3) is 5.92 Å². The Bertz CT molecular complexity index is 1110. The molecule has 1 saturated heterocycles. The number of nitrogens with two attached hydrogens (primary N) is 1. The summed E-state index contributed by atoms with van der Waals surface area (Å²) < 4.78 is 32.1. The minimum atomic E-state index is -2.64. The van der Waals surface area contributed by atoms with E-state index in [1.54, 1.807) is 21.9 Å². The molecule has 3 heterocycles. The van der Waals surface area contributed by atoms with Gasteiger partial charge < -0.3 is 20.7 Å². The maximum absolute atomic E-state index is 13.1. The number of amides is 2. The molecule has 12 heteroatoms. The molecule has 1 aromatic carbocycles. The molecule has 1 aliphatic carbocycles. The number of urea groups is 1. The van der Waals surface area contributed by atoms with Gasteiger partial charge in [-0.15, -0.1) is 0 Å². The van der Waals surface area contributed by atoms with Gasteiger partial charge >= 0.3 is 6.03 Å². The molecule has 1 saturated carbocycles. The van der Waals surface area contributed by atoms with Crippen molar-refractivity contribution in [1.29, 1.82) is 0 Å². The van der Waals surface area contributed by atoms with Gasteiger partial charge in [-0.3, -0.25) is 4.90 Å². The minimum Gasteiger partial charge on any atom is -0.491 e. The number of carbonyl (C=O) groups excluding carboxylic acids is 1. The van der Waals surface area contributed by atoms with Crippen molar-refractivity contribution in [1.82, 2.24) is 25.1 Å². The van der Waals surface area contributed by atoms with Crippen LogP contribution in [0.2, 0.25) is 10.0 Å². The minimum absolute atomic E-state index is 0.0491. The molecule has 176 valence electrons. The van der Waals surface area contributed by atoms with Crippen molar-refractivity contribution in [3.05, 3.63) is 33.4 Å². The number of hydrogen-bond donors (Lipinski definition) is 2. The zero-order valence-corrected chi connectivity index (χ0v) is 19.1. The van der Waals surface area contributed by atoms with E-state index in [1.807, 2.05) is 0 Å². The zero-order chi connectivity index (χ0) is 23.3. The fourth-order valence-corrected chi connectivity index (χ4v) is 4.63. The van der Waals surface area contributed by atoms with Crippen LogP contribution in [-0.2, 0) is 13.1 Å². The van der Waals surface area contributed by atoms with E-state index in [-0.39, 0.29) is 37.7 Å². The lowest BCUT2D eigenvalue weighted by Gasteiger charge is -2.38. The normalized spacial score (nSPS) is 19.2. The number of nitrogens with zero attached hydrogens (tertiary/aromatic N) is 4. The topological polar surface area (TPSA) is 96.6 Å². The number of fused-ring (bicyclic) bond motifs is 1. The quantitative estimate of drug-likeness (QED) is 0.631. The number of aromatic nitrogens is 2. The number of rotatable bonds is 6. The SMILES string of the molecule is Nc1nc2c(c(-c3c(Cl)cc(Cl)cc3OCCN3CC(F)(F)C3)n1)CN(C(=O)NC1CC1)C2. The van der Waals surface area contributed by atoms with Gasteiger partial charge in [0.2, 0.25) is 5.95 Å². The molecular formula is C21H22Cl2F2N6O2. The Morgan fingerprint density at radius 3 is 2.70 bits per heavy atom. The fourth-order valence-electron chi connectivity index (χ4n) is 4.06. The average molecular weight is 499 g/mol. The van der Waals surface area contributed by atoms with Gasteiger partial charge in [0, 0.05) is 23.2 Å². The molecule has 3 aliphatic rings. The molecule has 2 aromatic rings. The Morgan fingerprint density at radius 2 is 2.00 bits per heavy atom. The van der Waals surface area contributed by atoms with E-state index in [1.165, 1.54) is 0 Å². The molecule has 0 spiro atoms. The Morgan fingerprint density at radius 1 is 1.24 bits per heavy atom. The highest BCUT2D eigenvalue weighted by molar-refractivity contribution is 6.37. The standard InChI is InChI=1S/C21H22Cl2F2N6O2/c22-11-5-14(23)17(16(6-11)33-4-3-30-9-21(24,25)10-30)18-13-7-31(20(32)27-12-1-2-12)8-15(13)28-19(26)29-18/h5-6,12H,1-4,7-10H2,(H,27,32)(H2,26,28,29). The van der Waals surface area contributed by atoms with Crippen LogP contribution in [-0.4, -0.2) is 64.0 Å². The number of alkyl halides is 2. The predicted molar refractivity (Wildman–Crippen MR) is 120 cm³/mol. The largest absolute Gasteiger partial charge is 0.491 e. The lowest BCUT2D eigenvalue weighted by Crippen LogP contribution is -2.57. The first kappa shape index (κ1) is 22.4. The van der Waals surface area contributed by atoms with Crippen molar-refractivity contribution < 1.29 is 18.3 Å². The van der Waals surface area contributed by atoms with E-state index in [0.717, 1.165) is 18.4 Å². The first-order valence-electron chi connectivity index (χ1n) is 10.6. The van der Waals surface area contributed by atoms with Crippen LogP contribution in [0.15, 0.2) is 12.1 Å². The third-order valence-corrected chi connectivity index (χ3v) is 6.34. The summed E-state index contributed by atoms with van der Waals surface area (Å²) in [5, 5.41) is 3.63. The summed E-state index contributed by atoms with van der Waals surface area (Å²) in [5.74, 6) is -2.23. The highest BCUT2D eigenvalue weighted by Crippen LogP contribution is 2.42. The summed E-state index contributed by atoms with van der Waals surface area (Å²) in [6.07, 6.45) is 1.97. The molecule has 2 amide bonds. The number of nitrogens with one attached hydrogen (secondary N) is 1. The second-order valence-corrected chi connectivity index (χ2v) is 9.45. The molecule has 8 nitrogen and oxygen atoms in total. The smallest absolute Gasteiger partial charge is 0.318 e. The van der Waals surface area contributed by atoms with Crippen molar-refractivity contribution in [2.45, 2.75) is 37.9 Å². The van der Waals surface area contributed by atoms with Crippen LogP contribution in [0.3, 0.4) is 0 Å². The van der Waals surface area contributed by atoms with Crippen LogP contribution in [0.5, 0.6) is 5.75 Å². The fraction of sp³-hybridized carbons (Fsp3) is 0.476. The number of halogens is 4. The van der Waals surface area contributed by atoms with Crippen molar-refractivity contribution in [2.24, 2.45) is 0 Å². The van der Waals surface area contributed by atoms with Crippen molar-refractivity contribution in [2.75, 3.05) is 32.0 Å². The third kappa shape index (κ3) is 4.78. The van der Waals surface area contributed by atoms with Gasteiger partial charge in [0.15, 0.2) is 0 Å². The Hall–Kier alpha value is -2.43. The van der Waals surface area contributed by atoms with Crippen LogP contribution >= 0.6 is 23.2 Å². The van der Waals surface area contributed by atoms with Gasteiger partial charge in [0.05, 0.1) is 48.2 Å². The lowest BCUT2D eigenvalue weighted by molar-refractivity contribution is -0.132. The van der Waals surface area contributed by atoms with Crippen LogP contribution in [0.25, 0.3) is 11.3 Å².